The summed E-state index contributed by atoms with van der Waals surface area (Å²) in [5.41, 5.74) is -0.650. The lowest BCUT2D eigenvalue weighted by Gasteiger charge is -2.20. The molecule has 7 heteroatoms. The zero-order valence-electron chi connectivity index (χ0n) is 9.65. The van der Waals surface area contributed by atoms with Gasteiger partial charge >= 0.3 is 0 Å². The Morgan fingerprint density at radius 1 is 1.32 bits per heavy atom. The van der Waals surface area contributed by atoms with Gasteiger partial charge in [-0.05, 0) is 18.2 Å². The summed E-state index contributed by atoms with van der Waals surface area (Å²) in [4.78, 5) is 5.44. The van der Waals surface area contributed by atoms with Crippen molar-refractivity contribution in [2.75, 3.05) is 0 Å². The Labute approximate surface area is 121 Å². The zero-order chi connectivity index (χ0) is 13.9. The summed E-state index contributed by atoms with van der Waals surface area (Å²) in [6, 6.07) is 6.26. The van der Waals surface area contributed by atoms with Gasteiger partial charge in [0.1, 0.15) is 0 Å². The van der Waals surface area contributed by atoms with Crippen LogP contribution in [0.3, 0.4) is 0 Å². The van der Waals surface area contributed by atoms with Crippen LogP contribution in [-0.2, 0) is 9.84 Å². The summed E-state index contributed by atoms with van der Waals surface area (Å²) < 4.78 is 24.2. The van der Waals surface area contributed by atoms with Crippen molar-refractivity contribution in [2.45, 2.75) is 10.5 Å². The molecule has 0 saturated heterocycles. The molecule has 0 bridgehead atoms. The monoisotopic (exact) mass is 316 g/mol. The number of allylic oxidation sites excluding steroid dienone is 1. The van der Waals surface area contributed by atoms with E-state index in [2.05, 4.69) is 4.99 Å². The molecule has 2 rings (SSSR count). The minimum Gasteiger partial charge on any atom is -0.319 e. The van der Waals surface area contributed by atoms with Crippen molar-refractivity contribution in [3.05, 3.63) is 53.2 Å². The minimum absolute atomic E-state index is 0.0588. The lowest BCUT2D eigenvalue weighted by Crippen LogP contribution is -2.21. The van der Waals surface area contributed by atoms with Crippen molar-refractivity contribution in [1.82, 2.24) is 4.90 Å². The summed E-state index contributed by atoms with van der Waals surface area (Å²) >= 11 is 11.8. The van der Waals surface area contributed by atoms with Crippen LogP contribution in [0.25, 0.3) is 0 Å². The Hall–Kier alpha value is -1.30. The predicted molar refractivity (Wildman–Crippen MR) is 76.9 cm³/mol. The third-order valence-corrected chi connectivity index (χ3v) is 4.58. The fourth-order valence-electron chi connectivity index (χ4n) is 1.43. The molecule has 0 saturated carbocycles. The van der Waals surface area contributed by atoms with Gasteiger partial charge in [-0.1, -0.05) is 35.3 Å². The number of halogens is 2. The van der Waals surface area contributed by atoms with Gasteiger partial charge in [0.25, 0.3) is 0 Å². The first kappa shape index (κ1) is 14.1. The van der Waals surface area contributed by atoms with Gasteiger partial charge in [0, 0.05) is 18.6 Å². The zero-order valence-corrected chi connectivity index (χ0v) is 12.0. The highest BCUT2D eigenvalue weighted by atomic mass is 35.5. The van der Waals surface area contributed by atoms with Crippen LogP contribution in [0.4, 0.5) is 0 Å². The summed E-state index contributed by atoms with van der Waals surface area (Å²) in [5, 5.41) is 1.23. The Kier molecular flexibility index (Phi) is 4.29. The van der Waals surface area contributed by atoms with Crippen molar-refractivity contribution in [3.63, 3.8) is 0 Å². The molecule has 1 aromatic carbocycles. The minimum atomic E-state index is -3.61. The lowest BCUT2D eigenvalue weighted by atomic mass is 10.4. The van der Waals surface area contributed by atoms with E-state index in [1.165, 1.54) is 23.2 Å². The molecule has 19 heavy (non-hydrogen) atoms. The molecule has 0 aliphatic carbocycles. The average Bonchev–Trinajstić information content (AvgIpc) is 2.38. The summed E-state index contributed by atoms with van der Waals surface area (Å²) in [5.74, 6) is 0. The van der Waals surface area contributed by atoms with Crippen LogP contribution in [-0.4, -0.2) is 25.2 Å². The van der Waals surface area contributed by atoms with Crippen LogP contribution in [0.2, 0.25) is 5.02 Å². The van der Waals surface area contributed by atoms with Crippen molar-refractivity contribution in [1.29, 1.82) is 0 Å². The van der Waals surface area contributed by atoms with Gasteiger partial charge in [0.05, 0.1) is 15.3 Å². The maximum Gasteiger partial charge on any atom is 0.202 e. The maximum absolute atomic E-state index is 12.1. The van der Waals surface area contributed by atoms with E-state index in [1.54, 1.807) is 30.6 Å². The molecule has 0 aromatic heterocycles. The van der Waals surface area contributed by atoms with Crippen LogP contribution in [0.1, 0.15) is 0 Å². The largest absolute Gasteiger partial charge is 0.319 e. The summed E-state index contributed by atoms with van der Waals surface area (Å²) in [6.45, 7) is 0. The fraction of sp³-hybridized carbons (Fsp3) is 0.0833. The molecule has 1 aromatic rings. The highest BCUT2D eigenvalue weighted by molar-refractivity contribution is 7.94. The highest BCUT2D eigenvalue weighted by Crippen LogP contribution is 2.23. The number of aliphatic imine (C=N–C) groups is 1. The second kappa shape index (κ2) is 5.77. The Morgan fingerprint density at radius 3 is 2.74 bits per heavy atom. The van der Waals surface area contributed by atoms with E-state index in [1.807, 2.05) is 0 Å². The molecular weight excluding hydrogens is 307 g/mol. The molecule has 0 amide bonds. The first-order valence-electron chi connectivity index (χ1n) is 5.30. The number of sulfone groups is 1. The van der Waals surface area contributed by atoms with Crippen molar-refractivity contribution < 1.29 is 8.42 Å². The van der Waals surface area contributed by atoms with Crippen molar-refractivity contribution in [3.8, 4) is 0 Å². The molecule has 0 N–H and O–H groups in total. The van der Waals surface area contributed by atoms with Gasteiger partial charge in [-0.3, -0.25) is 4.99 Å². The van der Waals surface area contributed by atoms with E-state index in [0.29, 0.717) is 0 Å². The second-order valence-electron chi connectivity index (χ2n) is 3.66. The lowest BCUT2D eigenvalue weighted by molar-refractivity contribution is 0.475. The molecule has 0 spiro atoms. The number of benzene rings is 1. The molecular formula is C12H10Cl2N2O2S. The SMILES string of the molecule is O=S(=O)(/C=C/N1C=CC=NC1Cl)c1ccccc1Cl. The van der Waals surface area contributed by atoms with Crippen LogP contribution in [0, 0.1) is 0 Å². The Bertz CT molecular complexity index is 653. The highest BCUT2D eigenvalue weighted by Gasteiger charge is 2.16. The van der Waals surface area contributed by atoms with Gasteiger partial charge < -0.3 is 4.90 Å². The van der Waals surface area contributed by atoms with Crippen LogP contribution >= 0.6 is 23.2 Å². The third-order valence-electron chi connectivity index (χ3n) is 2.35. The summed E-state index contributed by atoms with van der Waals surface area (Å²) in [7, 11) is -3.61. The molecule has 1 aliphatic rings. The predicted octanol–water partition coefficient (Wildman–Crippen LogP) is 3.01. The summed E-state index contributed by atoms with van der Waals surface area (Å²) in [6.07, 6.45) is 6.18. The van der Waals surface area contributed by atoms with Gasteiger partial charge in [0.15, 0.2) is 0 Å². The van der Waals surface area contributed by atoms with E-state index in [4.69, 9.17) is 23.2 Å². The van der Waals surface area contributed by atoms with Crippen LogP contribution < -0.4 is 0 Å². The number of alkyl halides is 1. The van der Waals surface area contributed by atoms with Crippen LogP contribution in [0.15, 0.2) is 58.0 Å². The standard InChI is InChI=1S/C12H10Cl2N2O2S/c13-10-4-1-2-5-11(10)19(17,18)9-8-16-7-3-6-15-12(16)14/h1-9,12H/b9-8+. The van der Waals surface area contributed by atoms with E-state index in [0.717, 1.165) is 5.41 Å². The molecule has 0 radical (unpaired) electrons. The first-order valence-corrected chi connectivity index (χ1v) is 7.66. The molecule has 1 unspecified atom stereocenters. The van der Waals surface area contributed by atoms with Crippen molar-refractivity contribution in [2.24, 2.45) is 4.99 Å². The molecule has 100 valence electrons. The second-order valence-corrected chi connectivity index (χ2v) is 6.26. The first-order chi connectivity index (χ1) is 9.00. The fourth-order valence-corrected chi connectivity index (χ4v) is 3.14. The third kappa shape index (κ3) is 3.37. The van der Waals surface area contributed by atoms with E-state index >= 15 is 0 Å². The van der Waals surface area contributed by atoms with Gasteiger partial charge in [0.2, 0.25) is 15.5 Å². The molecule has 4 nitrogen and oxygen atoms in total. The van der Waals surface area contributed by atoms with Crippen molar-refractivity contribution >= 4 is 39.3 Å². The average molecular weight is 317 g/mol. The number of hydrogen-bond acceptors (Lipinski definition) is 4. The van der Waals surface area contributed by atoms with E-state index < -0.39 is 15.5 Å². The Balaban J connectivity index is 2.25. The van der Waals surface area contributed by atoms with E-state index in [9.17, 15) is 8.42 Å². The maximum atomic E-state index is 12.1. The number of hydrogen-bond donors (Lipinski definition) is 0. The normalized spacial score (nSPS) is 19.3. The molecule has 1 heterocycles. The number of rotatable bonds is 3. The molecule has 0 fully saturated rings. The Morgan fingerprint density at radius 2 is 2.05 bits per heavy atom. The smallest absolute Gasteiger partial charge is 0.202 e. The van der Waals surface area contributed by atoms with Crippen LogP contribution in [0.5, 0.6) is 0 Å². The molecule has 1 aliphatic heterocycles. The topological polar surface area (TPSA) is 49.7 Å². The van der Waals surface area contributed by atoms with Gasteiger partial charge in [-0.15, -0.1) is 0 Å². The number of nitrogens with zero attached hydrogens (tertiary/aromatic N) is 2. The van der Waals surface area contributed by atoms with Gasteiger partial charge in [-0.25, -0.2) is 8.42 Å². The van der Waals surface area contributed by atoms with E-state index in [-0.39, 0.29) is 9.92 Å². The van der Waals surface area contributed by atoms with Gasteiger partial charge in [-0.2, -0.15) is 0 Å². The quantitative estimate of drug-likeness (QED) is 0.636. The molecule has 1 atom stereocenters.